The van der Waals surface area contributed by atoms with E-state index in [-0.39, 0.29) is 11.8 Å². The molecule has 0 spiro atoms. The van der Waals surface area contributed by atoms with Gasteiger partial charge >= 0.3 is 0 Å². The Morgan fingerprint density at radius 1 is 1.03 bits per heavy atom. The van der Waals surface area contributed by atoms with Crippen LogP contribution in [0.2, 0.25) is 5.02 Å². The fourth-order valence-electron chi connectivity index (χ4n) is 4.06. The van der Waals surface area contributed by atoms with Gasteiger partial charge in [-0.05, 0) is 24.6 Å². The molecule has 8 heteroatoms. The number of carbonyl (C=O) groups excluding carboxylic acids is 2. The minimum absolute atomic E-state index is 0.114. The minimum atomic E-state index is 0.114. The normalized spacial score (nSPS) is 18.7. The number of carbonyl (C=O) groups is 2. The van der Waals surface area contributed by atoms with Crippen LogP contribution in [0.4, 0.5) is 5.69 Å². The van der Waals surface area contributed by atoms with Crippen LogP contribution in [-0.2, 0) is 9.59 Å². The van der Waals surface area contributed by atoms with E-state index in [2.05, 4.69) is 23.2 Å². The first-order valence-electron chi connectivity index (χ1n) is 10.8. The topological polar surface area (TPSA) is 61.5 Å². The molecule has 0 aliphatic carbocycles. The van der Waals surface area contributed by atoms with Gasteiger partial charge in [0.2, 0.25) is 0 Å². The highest BCUT2D eigenvalue weighted by atomic mass is 35.5. The second-order valence-electron chi connectivity index (χ2n) is 8.05. The lowest BCUT2D eigenvalue weighted by Crippen LogP contribution is -3.17. The van der Waals surface area contributed by atoms with Crippen LogP contribution in [-0.4, -0.2) is 88.7 Å². The molecule has 0 unspecified atom stereocenters. The number of rotatable bonds is 7. The van der Waals surface area contributed by atoms with Crippen molar-refractivity contribution < 1.29 is 19.4 Å². The molecular weight excluding hydrogens is 390 g/mol. The highest BCUT2D eigenvalue weighted by Crippen LogP contribution is 2.19. The summed E-state index contributed by atoms with van der Waals surface area (Å²) in [6.07, 6.45) is 0.957. The van der Waals surface area contributed by atoms with Gasteiger partial charge in [-0.3, -0.25) is 9.59 Å². The Morgan fingerprint density at radius 2 is 1.69 bits per heavy atom. The maximum absolute atomic E-state index is 12.7. The first-order chi connectivity index (χ1) is 14.0. The maximum atomic E-state index is 12.7. The molecule has 2 saturated heterocycles. The van der Waals surface area contributed by atoms with Gasteiger partial charge in [0.25, 0.3) is 11.8 Å². The largest absolute Gasteiger partial charge is 0.360 e. The predicted molar refractivity (Wildman–Crippen MR) is 115 cm³/mol. The van der Waals surface area contributed by atoms with Gasteiger partial charge in [-0.15, -0.1) is 0 Å². The zero-order chi connectivity index (χ0) is 20.6. The maximum Gasteiger partial charge on any atom is 0.278 e. The number of benzene rings is 1. The molecule has 29 heavy (non-hydrogen) atoms. The third-order valence-corrected chi connectivity index (χ3v) is 6.09. The van der Waals surface area contributed by atoms with Gasteiger partial charge < -0.3 is 24.9 Å². The van der Waals surface area contributed by atoms with Crippen molar-refractivity contribution in [3.05, 3.63) is 29.3 Å². The van der Waals surface area contributed by atoms with Crippen LogP contribution in [0.15, 0.2) is 24.3 Å². The standard InChI is InChI=1S/C21H32ClN5O2/c1-2-6-23-20(28)16-24-9-13-27(14-10-24)21(29)17-25-7-11-26(12-8-25)19-5-3-4-18(22)15-19/h3-5,15H,2,6-14,16-17H2,1H3,(H,23,28)/p+2. The molecule has 2 aliphatic rings. The van der Waals surface area contributed by atoms with E-state index in [0.29, 0.717) is 13.1 Å². The second kappa shape index (κ2) is 10.8. The molecule has 1 aromatic rings. The van der Waals surface area contributed by atoms with Crippen LogP contribution in [0.25, 0.3) is 0 Å². The molecule has 0 radical (unpaired) electrons. The molecule has 7 nitrogen and oxygen atoms in total. The Hall–Kier alpha value is -1.83. The third-order valence-electron chi connectivity index (χ3n) is 5.85. The van der Waals surface area contributed by atoms with Gasteiger partial charge in [-0.2, -0.15) is 0 Å². The number of amides is 2. The van der Waals surface area contributed by atoms with Gasteiger partial charge in [0.15, 0.2) is 13.1 Å². The van der Waals surface area contributed by atoms with E-state index in [4.69, 9.17) is 11.6 Å². The first-order valence-corrected chi connectivity index (χ1v) is 11.1. The summed E-state index contributed by atoms with van der Waals surface area (Å²) in [6, 6.07) is 7.97. The lowest BCUT2D eigenvalue weighted by Gasteiger charge is -2.35. The second-order valence-corrected chi connectivity index (χ2v) is 8.49. The summed E-state index contributed by atoms with van der Waals surface area (Å²) in [5.74, 6) is 0.356. The van der Waals surface area contributed by atoms with E-state index in [0.717, 1.165) is 76.0 Å². The smallest absolute Gasteiger partial charge is 0.278 e. The number of piperazine rings is 2. The van der Waals surface area contributed by atoms with E-state index in [1.54, 1.807) is 0 Å². The van der Waals surface area contributed by atoms with Gasteiger partial charge in [-0.25, -0.2) is 0 Å². The van der Waals surface area contributed by atoms with Crippen LogP contribution in [0.3, 0.4) is 0 Å². The average molecular weight is 424 g/mol. The molecule has 2 heterocycles. The Bertz CT molecular complexity index is 685. The quantitative estimate of drug-likeness (QED) is 0.490. The summed E-state index contributed by atoms with van der Waals surface area (Å²) in [7, 11) is 0. The number of hydrogen-bond acceptors (Lipinski definition) is 3. The SMILES string of the molecule is CCCNC(=O)C[NH+]1CCN(C(=O)C[NH+]2CCN(c3cccc(Cl)c3)CC2)CC1. The minimum Gasteiger partial charge on any atom is -0.360 e. The van der Waals surface area contributed by atoms with Crippen molar-refractivity contribution in [2.75, 3.05) is 76.9 Å². The lowest BCUT2D eigenvalue weighted by molar-refractivity contribution is -0.898. The van der Waals surface area contributed by atoms with Crippen LogP contribution >= 0.6 is 11.6 Å². The predicted octanol–water partition coefficient (Wildman–Crippen LogP) is -1.70. The number of anilines is 1. The lowest BCUT2D eigenvalue weighted by atomic mass is 10.2. The monoisotopic (exact) mass is 423 g/mol. The molecule has 1 aromatic carbocycles. The van der Waals surface area contributed by atoms with Crippen molar-refractivity contribution in [3.8, 4) is 0 Å². The Balaban J connectivity index is 1.37. The van der Waals surface area contributed by atoms with Crippen molar-refractivity contribution >= 4 is 29.1 Å². The van der Waals surface area contributed by atoms with E-state index in [1.165, 1.54) is 9.80 Å². The fraction of sp³-hybridized carbons (Fsp3) is 0.619. The third kappa shape index (κ3) is 6.59. The molecular formula is C21H34ClN5O2+2. The van der Waals surface area contributed by atoms with Crippen molar-refractivity contribution in [2.45, 2.75) is 13.3 Å². The summed E-state index contributed by atoms with van der Waals surface area (Å²) in [5, 5.41) is 3.69. The van der Waals surface area contributed by atoms with E-state index >= 15 is 0 Å². The summed E-state index contributed by atoms with van der Waals surface area (Å²) < 4.78 is 0. The first kappa shape index (κ1) is 21.9. The van der Waals surface area contributed by atoms with Gasteiger partial charge in [-0.1, -0.05) is 24.6 Å². The van der Waals surface area contributed by atoms with Crippen LogP contribution in [0, 0.1) is 0 Å². The number of hydrogen-bond donors (Lipinski definition) is 3. The van der Waals surface area contributed by atoms with Crippen LogP contribution < -0.4 is 20.0 Å². The zero-order valence-corrected chi connectivity index (χ0v) is 18.1. The van der Waals surface area contributed by atoms with Gasteiger partial charge in [0.1, 0.15) is 0 Å². The Morgan fingerprint density at radius 3 is 2.34 bits per heavy atom. The molecule has 0 bridgehead atoms. The molecule has 3 rings (SSSR count). The molecule has 160 valence electrons. The molecule has 3 N–H and O–H groups in total. The number of nitrogens with one attached hydrogen (secondary N) is 3. The number of halogens is 1. The van der Waals surface area contributed by atoms with Gasteiger partial charge in [0.05, 0.1) is 52.4 Å². The summed E-state index contributed by atoms with van der Waals surface area (Å²) in [6.45, 7) is 10.9. The molecule has 2 aliphatic heterocycles. The van der Waals surface area contributed by atoms with Crippen LogP contribution in [0.1, 0.15) is 13.3 Å². The van der Waals surface area contributed by atoms with E-state index in [9.17, 15) is 9.59 Å². The number of quaternary nitrogens is 2. The molecule has 2 amide bonds. The fourth-order valence-corrected chi connectivity index (χ4v) is 4.24. The van der Waals surface area contributed by atoms with Crippen molar-refractivity contribution in [1.82, 2.24) is 10.2 Å². The van der Waals surface area contributed by atoms with Crippen molar-refractivity contribution in [1.29, 1.82) is 0 Å². The van der Waals surface area contributed by atoms with E-state index < -0.39 is 0 Å². The van der Waals surface area contributed by atoms with Gasteiger partial charge in [0, 0.05) is 17.3 Å². The summed E-state index contributed by atoms with van der Waals surface area (Å²) in [5.41, 5.74) is 1.16. The average Bonchev–Trinajstić information content (AvgIpc) is 2.73. The zero-order valence-electron chi connectivity index (χ0n) is 17.4. The number of nitrogens with zero attached hydrogens (tertiary/aromatic N) is 2. The molecule has 0 aromatic heterocycles. The van der Waals surface area contributed by atoms with Crippen LogP contribution in [0.5, 0.6) is 0 Å². The Kier molecular flexibility index (Phi) is 8.15. The summed E-state index contributed by atoms with van der Waals surface area (Å²) in [4.78, 5) is 31.5. The summed E-state index contributed by atoms with van der Waals surface area (Å²) >= 11 is 6.10. The Labute approximate surface area is 178 Å². The van der Waals surface area contributed by atoms with Crippen molar-refractivity contribution in [3.63, 3.8) is 0 Å². The highest BCUT2D eigenvalue weighted by molar-refractivity contribution is 6.30. The highest BCUT2D eigenvalue weighted by Gasteiger charge is 2.29. The molecule has 2 fully saturated rings. The molecule has 0 atom stereocenters. The van der Waals surface area contributed by atoms with Crippen molar-refractivity contribution in [2.24, 2.45) is 0 Å². The molecule has 0 saturated carbocycles. The van der Waals surface area contributed by atoms with E-state index in [1.807, 2.05) is 23.1 Å².